The SMILES string of the molecule is CC1(C)OCC(=S)NC(C)(c2cc(NC3CCc4cc(C#N)cnc43)ccc2F)C1(F)F. The highest BCUT2D eigenvalue weighted by molar-refractivity contribution is 7.80. The van der Waals surface area contributed by atoms with Gasteiger partial charge in [-0.1, -0.05) is 12.2 Å². The minimum absolute atomic E-state index is 0.0812. The molecular weight excluding hydrogens is 437 g/mol. The van der Waals surface area contributed by atoms with Crippen molar-refractivity contribution in [2.75, 3.05) is 11.9 Å². The zero-order chi connectivity index (χ0) is 23.3. The fourth-order valence-corrected chi connectivity index (χ4v) is 4.70. The van der Waals surface area contributed by atoms with Crippen molar-refractivity contribution in [1.82, 2.24) is 10.3 Å². The highest BCUT2D eigenvalue weighted by atomic mass is 32.1. The molecule has 1 aliphatic carbocycles. The van der Waals surface area contributed by atoms with E-state index in [0.29, 0.717) is 11.3 Å². The molecule has 1 aromatic carbocycles. The van der Waals surface area contributed by atoms with E-state index >= 15 is 8.78 Å². The summed E-state index contributed by atoms with van der Waals surface area (Å²) < 4.78 is 51.6. The number of benzene rings is 1. The molecule has 2 N–H and O–H groups in total. The van der Waals surface area contributed by atoms with Crippen LogP contribution >= 0.6 is 12.2 Å². The second-order valence-corrected chi connectivity index (χ2v) is 9.35. The van der Waals surface area contributed by atoms with Gasteiger partial charge in [0.15, 0.2) is 0 Å². The van der Waals surface area contributed by atoms with E-state index in [-0.39, 0.29) is 23.2 Å². The fraction of sp³-hybridized carbons (Fsp3) is 0.435. The van der Waals surface area contributed by atoms with Crippen molar-refractivity contribution in [2.45, 2.75) is 56.7 Å². The average Bonchev–Trinajstić information content (AvgIpc) is 3.12. The van der Waals surface area contributed by atoms with Gasteiger partial charge in [0.2, 0.25) is 0 Å². The van der Waals surface area contributed by atoms with Crippen LogP contribution in [0.15, 0.2) is 30.5 Å². The van der Waals surface area contributed by atoms with Crippen molar-refractivity contribution in [3.8, 4) is 6.07 Å². The highest BCUT2D eigenvalue weighted by Crippen LogP contribution is 2.48. The molecule has 2 unspecified atom stereocenters. The van der Waals surface area contributed by atoms with Gasteiger partial charge in [0.05, 0.1) is 23.9 Å². The zero-order valence-corrected chi connectivity index (χ0v) is 18.7. The minimum atomic E-state index is -3.49. The van der Waals surface area contributed by atoms with Gasteiger partial charge in [-0.05, 0) is 63.4 Å². The van der Waals surface area contributed by atoms with E-state index in [0.717, 1.165) is 24.1 Å². The molecule has 5 nitrogen and oxygen atoms in total. The maximum absolute atomic E-state index is 15.7. The second kappa shape index (κ2) is 7.71. The van der Waals surface area contributed by atoms with Crippen LogP contribution in [0.1, 0.15) is 55.6 Å². The maximum atomic E-state index is 15.7. The molecule has 32 heavy (non-hydrogen) atoms. The standard InChI is InChI=1S/C23H23F3N4OS/c1-21(2)23(25,26)22(3,30-19(32)12-31-21)16-9-15(5-6-17(16)24)29-18-7-4-14-8-13(10-27)11-28-20(14)18/h5-6,8-9,11,18,29H,4,7,12H2,1-3H3,(H,30,32). The lowest BCUT2D eigenvalue weighted by Gasteiger charge is -2.44. The number of fused-ring (bicyclic) bond motifs is 1. The number of nitrogens with zero attached hydrogens (tertiary/aromatic N) is 2. The Morgan fingerprint density at radius 3 is 2.75 bits per heavy atom. The maximum Gasteiger partial charge on any atom is 0.302 e. The Morgan fingerprint density at radius 1 is 1.28 bits per heavy atom. The first kappa shape index (κ1) is 22.5. The summed E-state index contributed by atoms with van der Waals surface area (Å²) in [7, 11) is 0. The molecule has 2 aromatic rings. The molecule has 1 aliphatic heterocycles. The van der Waals surface area contributed by atoms with E-state index in [4.69, 9.17) is 22.2 Å². The third-order valence-corrected chi connectivity index (χ3v) is 6.57. The van der Waals surface area contributed by atoms with Gasteiger partial charge in [0.25, 0.3) is 0 Å². The van der Waals surface area contributed by atoms with Gasteiger partial charge in [-0.2, -0.15) is 5.26 Å². The number of hydrogen-bond acceptors (Lipinski definition) is 5. The number of nitrogens with one attached hydrogen (secondary N) is 2. The van der Waals surface area contributed by atoms with Crippen LogP contribution in [0.25, 0.3) is 0 Å². The number of nitriles is 1. The summed E-state index contributed by atoms with van der Waals surface area (Å²) in [4.78, 5) is 4.47. The number of rotatable bonds is 3. The quantitative estimate of drug-likeness (QED) is 0.644. The van der Waals surface area contributed by atoms with Gasteiger partial charge in [-0.3, -0.25) is 4.98 Å². The molecule has 1 fully saturated rings. The third kappa shape index (κ3) is 3.51. The van der Waals surface area contributed by atoms with E-state index in [2.05, 4.69) is 21.7 Å². The summed E-state index contributed by atoms with van der Waals surface area (Å²) in [6.45, 7) is 3.62. The van der Waals surface area contributed by atoms with Crippen LogP contribution in [-0.2, 0) is 16.7 Å². The van der Waals surface area contributed by atoms with Gasteiger partial charge in [0.1, 0.15) is 28.0 Å². The van der Waals surface area contributed by atoms with E-state index in [1.165, 1.54) is 45.2 Å². The smallest absolute Gasteiger partial charge is 0.302 e. The predicted octanol–water partition coefficient (Wildman–Crippen LogP) is 4.77. The Hall–Kier alpha value is -2.70. The predicted molar refractivity (Wildman–Crippen MR) is 118 cm³/mol. The van der Waals surface area contributed by atoms with Crippen LogP contribution in [0.4, 0.5) is 18.9 Å². The normalized spacial score (nSPS) is 25.9. The van der Waals surface area contributed by atoms with Crippen LogP contribution in [0.2, 0.25) is 0 Å². The van der Waals surface area contributed by atoms with Crippen LogP contribution in [0, 0.1) is 17.1 Å². The average molecular weight is 461 g/mol. The number of hydrogen-bond donors (Lipinski definition) is 2. The van der Waals surface area contributed by atoms with Crippen molar-refractivity contribution >= 4 is 22.9 Å². The Kier molecular flexibility index (Phi) is 5.42. The molecular formula is C23H23F3N4OS. The number of pyridine rings is 1. The third-order valence-electron chi connectivity index (χ3n) is 6.35. The summed E-state index contributed by atoms with van der Waals surface area (Å²) in [6.07, 6.45) is 2.97. The highest BCUT2D eigenvalue weighted by Gasteiger charge is 2.64. The van der Waals surface area contributed by atoms with Crippen LogP contribution in [-0.4, -0.2) is 28.1 Å². The van der Waals surface area contributed by atoms with Gasteiger partial charge in [-0.25, -0.2) is 13.2 Å². The summed E-state index contributed by atoms with van der Waals surface area (Å²) in [5.74, 6) is -4.26. The molecule has 2 atom stereocenters. The first-order valence-corrected chi connectivity index (χ1v) is 10.7. The number of anilines is 1. The van der Waals surface area contributed by atoms with Gasteiger partial charge < -0.3 is 15.4 Å². The molecule has 0 radical (unpaired) electrons. The molecule has 0 bridgehead atoms. The molecule has 1 saturated heterocycles. The Bertz CT molecular complexity index is 1130. The number of aryl methyl sites for hydroxylation is 1. The lowest BCUT2D eigenvalue weighted by Crippen LogP contribution is -2.62. The number of ether oxygens (including phenoxy) is 1. The lowest BCUT2D eigenvalue weighted by atomic mass is 9.77. The largest absolute Gasteiger partial charge is 0.377 e. The Morgan fingerprint density at radius 2 is 2.03 bits per heavy atom. The molecule has 1 aromatic heterocycles. The van der Waals surface area contributed by atoms with Crippen molar-refractivity contribution in [3.05, 3.63) is 58.7 Å². The lowest BCUT2D eigenvalue weighted by molar-refractivity contribution is -0.216. The number of aromatic nitrogens is 1. The topological polar surface area (TPSA) is 70.0 Å². The van der Waals surface area contributed by atoms with Crippen LogP contribution in [0.3, 0.4) is 0 Å². The van der Waals surface area contributed by atoms with E-state index in [1.54, 1.807) is 6.07 Å². The van der Waals surface area contributed by atoms with Crippen LogP contribution in [0.5, 0.6) is 0 Å². The molecule has 0 amide bonds. The molecule has 0 saturated carbocycles. The summed E-state index contributed by atoms with van der Waals surface area (Å²) in [5, 5.41) is 15.0. The monoisotopic (exact) mass is 460 g/mol. The summed E-state index contributed by atoms with van der Waals surface area (Å²) >= 11 is 5.16. The fourth-order valence-electron chi connectivity index (χ4n) is 4.44. The molecule has 4 rings (SSSR count). The molecule has 2 heterocycles. The van der Waals surface area contributed by atoms with Crippen molar-refractivity contribution in [1.29, 1.82) is 5.26 Å². The van der Waals surface area contributed by atoms with Crippen molar-refractivity contribution in [2.24, 2.45) is 0 Å². The van der Waals surface area contributed by atoms with Crippen molar-refractivity contribution < 1.29 is 17.9 Å². The Labute approximate surface area is 190 Å². The summed E-state index contributed by atoms with van der Waals surface area (Å²) in [6, 6.07) is 7.78. The van der Waals surface area contributed by atoms with Gasteiger partial charge in [-0.15, -0.1) is 0 Å². The number of thiocarbonyl (C=S) groups is 1. The van der Waals surface area contributed by atoms with Crippen molar-refractivity contribution in [3.63, 3.8) is 0 Å². The second-order valence-electron chi connectivity index (χ2n) is 8.86. The van der Waals surface area contributed by atoms with Crippen LogP contribution < -0.4 is 10.6 Å². The zero-order valence-electron chi connectivity index (χ0n) is 17.9. The molecule has 2 aliphatic rings. The number of alkyl halides is 2. The molecule has 9 heteroatoms. The molecule has 0 spiro atoms. The molecule has 168 valence electrons. The minimum Gasteiger partial charge on any atom is -0.377 e. The van der Waals surface area contributed by atoms with E-state index < -0.39 is 22.9 Å². The summed E-state index contributed by atoms with van der Waals surface area (Å²) in [5.41, 5.74) is -1.47. The van der Waals surface area contributed by atoms with E-state index in [1.807, 2.05) is 0 Å². The van der Waals surface area contributed by atoms with E-state index in [9.17, 15) is 4.39 Å². The Balaban J connectivity index is 1.71. The first-order valence-electron chi connectivity index (χ1n) is 10.3. The van der Waals surface area contributed by atoms with Gasteiger partial charge in [0, 0.05) is 17.4 Å². The first-order chi connectivity index (χ1) is 15.0. The number of halogens is 3. The van der Waals surface area contributed by atoms with Gasteiger partial charge >= 0.3 is 5.92 Å².